The predicted molar refractivity (Wildman–Crippen MR) is 145 cm³/mol. The third kappa shape index (κ3) is 4.75. The first kappa shape index (κ1) is 24.1. The molecule has 0 aliphatic carbocycles. The number of hydrogen-bond acceptors (Lipinski definition) is 5. The van der Waals surface area contributed by atoms with Crippen LogP contribution >= 0.6 is 11.8 Å². The molecule has 0 atom stereocenters. The van der Waals surface area contributed by atoms with E-state index in [1.54, 1.807) is 29.9 Å². The van der Waals surface area contributed by atoms with Gasteiger partial charge in [-0.15, -0.1) is 0 Å². The Labute approximate surface area is 214 Å². The fourth-order valence-electron chi connectivity index (χ4n) is 4.56. The van der Waals surface area contributed by atoms with E-state index in [0.717, 1.165) is 37.4 Å². The van der Waals surface area contributed by atoms with E-state index in [0.29, 0.717) is 27.4 Å². The van der Waals surface area contributed by atoms with E-state index in [1.807, 2.05) is 29.2 Å². The monoisotopic (exact) mass is 499 g/mol. The summed E-state index contributed by atoms with van der Waals surface area (Å²) in [5.74, 6) is 1.39. The van der Waals surface area contributed by atoms with Gasteiger partial charge in [0.25, 0.3) is 11.5 Å². The largest absolute Gasteiger partial charge is 0.497 e. The van der Waals surface area contributed by atoms with Gasteiger partial charge in [-0.25, -0.2) is 4.98 Å². The first-order valence-corrected chi connectivity index (χ1v) is 13.1. The molecule has 0 unspecified atom stereocenters. The van der Waals surface area contributed by atoms with Crippen LogP contribution in [0.15, 0.2) is 70.6 Å². The Hall–Kier alpha value is -3.58. The van der Waals surface area contributed by atoms with E-state index in [-0.39, 0.29) is 11.5 Å². The van der Waals surface area contributed by atoms with Crippen molar-refractivity contribution in [1.29, 1.82) is 0 Å². The minimum atomic E-state index is -0.159. The Morgan fingerprint density at radius 1 is 1.00 bits per heavy atom. The molecular formula is C29H29N3O3S. The molecule has 1 aliphatic rings. The normalized spacial score (nSPS) is 13.4. The summed E-state index contributed by atoms with van der Waals surface area (Å²) < 4.78 is 6.95. The van der Waals surface area contributed by atoms with Gasteiger partial charge in [0.1, 0.15) is 5.75 Å². The van der Waals surface area contributed by atoms with Gasteiger partial charge in [-0.3, -0.25) is 14.2 Å². The van der Waals surface area contributed by atoms with Gasteiger partial charge >= 0.3 is 0 Å². The Kier molecular flexibility index (Phi) is 6.83. The molecule has 0 radical (unpaired) electrons. The van der Waals surface area contributed by atoms with Gasteiger partial charge in [0.05, 0.1) is 23.7 Å². The van der Waals surface area contributed by atoms with Gasteiger partial charge in [-0.2, -0.15) is 0 Å². The highest BCUT2D eigenvalue weighted by atomic mass is 32.2. The number of methoxy groups -OCH3 is 1. The molecule has 0 spiro atoms. The summed E-state index contributed by atoms with van der Waals surface area (Å²) in [6.45, 7) is 5.73. The molecule has 36 heavy (non-hydrogen) atoms. The number of rotatable bonds is 6. The standard InChI is InChI=1S/C29H29N3O3S/c1-19-6-7-20(2)22(16-19)18-36-29-30-26-17-21(27(33)31-14-4-5-15-31)8-13-25(26)28(34)32(29)23-9-11-24(35-3)12-10-23/h6-13,16-17H,4-5,14-15,18H2,1-3H3. The maximum Gasteiger partial charge on any atom is 0.266 e. The van der Waals surface area contributed by atoms with Crippen LogP contribution in [0.25, 0.3) is 16.6 Å². The van der Waals surface area contributed by atoms with Crippen LogP contribution in [0, 0.1) is 13.8 Å². The van der Waals surface area contributed by atoms with Crippen molar-refractivity contribution in [3.8, 4) is 11.4 Å². The Morgan fingerprint density at radius 3 is 2.47 bits per heavy atom. The Bertz CT molecular complexity index is 1490. The number of aromatic nitrogens is 2. The maximum absolute atomic E-state index is 13.8. The number of thioether (sulfide) groups is 1. The predicted octanol–water partition coefficient (Wildman–Crippen LogP) is 5.54. The number of likely N-dealkylation sites (tertiary alicyclic amines) is 1. The molecule has 4 aromatic rings. The molecule has 1 amide bonds. The molecule has 5 rings (SSSR count). The number of amides is 1. The molecule has 1 aliphatic heterocycles. The van der Waals surface area contributed by atoms with E-state index < -0.39 is 0 Å². The van der Waals surface area contributed by atoms with Crippen molar-refractivity contribution in [1.82, 2.24) is 14.5 Å². The highest BCUT2D eigenvalue weighted by Crippen LogP contribution is 2.28. The summed E-state index contributed by atoms with van der Waals surface area (Å²) in [4.78, 5) is 33.5. The molecule has 2 heterocycles. The van der Waals surface area contributed by atoms with E-state index in [2.05, 4.69) is 32.0 Å². The van der Waals surface area contributed by atoms with Gasteiger partial charge in [-0.05, 0) is 80.3 Å². The zero-order valence-electron chi connectivity index (χ0n) is 20.8. The summed E-state index contributed by atoms with van der Waals surface area (Å²) in [7, 11) is 1.62. The lowest BCUT2D eigenvalue weighted by atomic mass is 10.1. The minimum absolute atomic E-state index is 0.000113. The SMILES string of the molecule is COc1ccc(-n2c(SCc3cc(C)ccc3C)nc3cc(C(=O)N4CCCC4)ccc3c2=O)cc1. The summed E-state index contributed by atoms with van der Waals surface area (Å²) in [6, 6.07) is 19.0. The molecular weight excluding hydrogens is 470 g/mol. The average Bonchev–Trinajstić information content (AvgIpc) is 3.44. The van der Waals surface area contributed by atoms with Crippen LogP contribution in [0.1, 0.15) is 39.9 Å². The molecule has 0 saturated carbocycles. The number of aryl methyl sites for hydroxylation is 2. The smallest absolute Gasteiger partial charge is 0.266 e. The van der Waals surface area contributed by atoms with E-state index in [1.165, 1.54) is 28.5 Å². The topological polar surface area (TPSA) is 64.4 Å². The number of ether oxygens (including phenoxy) is 1. The number of nitrogens with zero attached hydrogens (tertiary/aromatic N) is 3. The van der Waals surface area contributed by atoms with Crippen molar-refractivity contribution in [2.75, 3.05) is 20.2 Å². The van der Waals surface area contributed by atoms with Crippen LogP contribution in [0.4, 0.5) is 0 Å². The summed E-state index contributed by atoms with van der Waals surface area (Å²) in [5, 5.41) is 1.07. The highest BCUT2D eigenvalue weighted by molar-refractivity contribution is 7.98. The van der Waals surface area contributed by atoms with Gasteiger partial charge in [0.2, 0.25) is 0 Å². The lowest BCUT2D eigenvalue weighted by Gasteiger charge is -2.17. The summed E-state index contributed by atoms with van der Waals surface area (Å²) in [5.41, 5.74) is 5.27. The molecule has 1 aromatic heterocycles. The summed E-state index contributed by atoms with van der Waals surface area (Å²) in [6.07, 6.45) is 2.06. The second-order valence-electron chi connectivity index (χ2n) is 9.18. The number of benzene rings is 3. The van der Waals surface area contributed by atoms with Crippen LogP contribution < -0.4 is 10.3 Å². The Balaban J connectivity index is 1.60. The zero-order chi connectivity index (χ0) is 25.2. The molecule has 7 heteroatoms. The van der Waals surface area contributed by atoms with Crippen LogP contribution in [0.2, 0.25) is 0 Å². The molecule has 184 valence electrons. The number of hydrogen-bond donors (Lipinski definition) is 0. The molecule has 0 bridgehead atoms. The van der Waals surface area contributed by atoms with Crippen molar-refractivity contribution in [2.45, 2.75) is 37.6 Å². The van der Waals surface area contributed by atoms with Gasteiger partial charge in [0, 0.05) is 24.4 Å². The minimum Gasteiger partial charge on any atom is -0.497 e. The lowest BCUT2D eigenvalue weighted by Crippen LogP contribution is -2.28. The third-order valence-corrected chi connectivity index (χ3v) is 7.66. The molecule has 1 fully saturated rings. The van der Waals surface area contributed by atoms with Crippen molar-refractivity contribution in [3.05, 3.63) is 93.3 Å². The van der Waals surface area contributed by atoms with Crippen LogP contribution in [-0.2, 0) is 5.75 Å². The summed E-state index contributed by atoms with van der Waals surface area (Å²) >= 11 is 1.52. The van der Waals surface area contributed by atoms with E-state index >= 15 is 0 Å². The van der Waals surface area contributed by atoms with Gasteiger partial charge < -0.3 is 9.64 Å². The second-order valence-corrected chi connectivity index (χ2v) is 10.1. The van der Waals surface area contributed by atoms with Gasteiger partial charge in [-0.1, -0.05) is 35.5 Å². The number of carbonyl (C=O) groups is 1. The molecule has 3 aromatic carbocycles. The third-order valence-electron chi connectivity index (χ3n) is 6.67. The fourth-order valence-corrected chi connectivity index (χ4v) is 5.63. The van der Waals surface area contributed by atoms with Crippen molar-refractivity contribution >= 4 is 28.6 Å². The van der Waals surface area contributed by atoms with Crippen LogP contribution in [0.5, 0.6) is 5.75 Å². The van der Waals surface area contributed by atoms with Crippen molar-refractivity contribution in [2.24, 2.45) is 0 Å². The van der Waals surface area contributed by atoms with E-state index in [9.17, 15) is 9.59 Å². The fraction of sp³-hybridized carbons (Fsp3) is 0.276. The van der Waals surface area contributed by atoms with Crippen LogP contribution in [-0.4, -0.2) is 40.6 Å². The Morgan fingerprint density at radius 2 is 1.75 bits per heavy atom. The van der Waals surface area contributed by atoms with E-state index in [4.69, 9.17) is 9.72 Å². The molecule has 6 nitrogen and oxygen atoms in total. The quantitative estimate of drug-likeness (QED) is 0.257. The number of carbonyl (C=O) groups excluding carboxylic acids is 1. The molecule has 1 saturated heterocycles. The lowest BCUT2D eigenvalue weighted by molar-refractivity contribution is 0.0793. The van der Waals surface area contributed by atoms with Gasteiger partial charge in [0.15, 0.2) is 5.16 Å². The highest BCUT2D eigenvalue weighted by Gasteiger charge is 2.21. The van der Waals surface area contributed by atoms with Crippen molar-refractivity contribution in [3.63, 3.8) is 0 Å². The first-order valence-electron chi connectivity index (χ1n) is 12.1. The van der Waals surface area contributed by atoms with Crippen molar-refractivity contribution < 1.29 is 9.53 Å². The second kappa shape index (κ2) is 10.2. The molecule has 0 N–H and O–H groups in total. The van der Waals surface area contributed by atoms with Crippen LogP contribution in [0.3, 0.4) is 0 Å². The zero-order valence-corrected chi connectivity index (χ0v) is 21.6. The maximum atomic E-state index is 13.8. The first-order chi connectivity index (χ1) is 17.4. The average molecular weight is 500 g/mol. The number of fused-ring (bicyclic) bond motifs is 1.